The molecule has 0 aliphatic rings. The molecule has 84 valence electrons. The number of halogens is 1. The van der Waals surface area contributed by atoms with Gasteiger partial charge < -0.3 is 9.73 Å². The monoisotopic (exact) mass is 255 g/mol. The molecule has 0 bridgehead atoms. The second-order valence-corrected chi connectivity index (χ2v) is 4.66. The standard InChI is InChI=1S/C11H10ClNO2S/c1-7-3-5-16-9(7)6-13-11(14)8-2-4-15-10(8)12/h2-5H,6H2,1H3,(H,13,14). The minimum Gasteiger partial charge on any atom is -0.452 e. The fraction of sp³-hybridized carbons (Fsp3) is 0.182. The third-order valence-corrected chi connectivity index (χ3v) is 3.56. The quantitative estimate of drug-likeness (QED) is 0.915. The van der Waals surface area contributed by atoms with Gasteiger partial charge in [0.25, 0.3) is 5.91 Å². The van der Waals surface area contributed by atoms with Crippen molar-refractivity contribution >= 4 is 28.8 Å². The van der Waals surface area contributed by atoms with Crippen LogP contribution in [0.15, 0.2) is 28.2 Å². The lowest BCUT2D eigenvalue weighted by atomic mass is 10.3. The topological polar surface area (TPSA) is 42.2 Å². The van der Waals surface area contributed by atoms with E-state index in [2.05, 4.69) is 5.32 Å². The van der Waals surface area contributed by atoms with Crippen LogP contribution in [0.25, 0.3) is 0 Å². The van der Waals surface area contributed by atoms with E-state index in [4.69, 9.17) is 16.0 Å². The van der Waals surface area contributed by atoms with Crippen LogP contribution in [0.1, 0.15) is 20.8 Å². The van der Waals surface area contributed by atoms with Crippen LogP contribution in [-0.4, -0.2) is 5.91 Å². The Hall–Kier alpha value is -1.26. The molecule has 0 saturated heterocycles. The van der Waals surface area contributed by atoms with Crippen LogP contribution >= 0.6 is 22.9 Å². The Kier molecular flexibility index (Phi) is 3.31. The first-order valence-electron chi connectivity index (χ1n) is 4.72. The fourth-order valence-corrected chi connectivity index (χ4v) is 2.34. The molecule has 0 radical (unpaired) electrons. The molecule has 0 aliphatic carbocycles. The summed E-state index contributed by atoms with van der Waals surface area (Å²) in [6, 6.07) is 3.58. The maximum absolute atomic E-state index is 11.7. The summed E-state index contributed by atoms with van der Waals surface area (Å²) in [5.74, 6) is -0.216. The van der Waals surface area contributed by atoms with Crippen molar-refractivity contribution in [1.29, 1.82) is 0 Å². The van der Waals surface area contributed by atoms with Crippen LogP contribution in [0, 0.1) is 6.92 Å². The Bertz CT molecular complexity index is 504. The number of hydrogen-bond acceptors (Lipinski definition) is 3. The van der Waals surface area contributed by atoms with Gasteiger partial charge in [-0.2, -0.15) is 0 Å². The van der Waals surface area contributed by atoms with Gasteiger partial charge in [0.15, 0.2) is 0 Å². The predicted octanol–water partition coefficient (Wildman–Crippen LogP) is 3.23. The number of amides is 1. The molecular formula is C11H10ClNO2S. The van der Waals surface area contributed by atoms with Crippen molar-refractivity contribution < 1.29 is 9.21 Å². The van der Waals surface area contributed by atoms with E-state index in [9.17, 15) is 4.79 Å². The van der Waals surface area contributed by atoms with Crippen LogP contribution in [0.2, 0.25) is 5.22 Å². The number of aryl methyl sites for hydroxylation is 1. The van der Waals surface area contributed by atoms with E-state index >= 15 is 0 Å². The lowest BCUT2D eigenvalue weighted by Gasteiger charge is -2.02. The number of furan rings is 1. The number of carbonyl (C=O) groups excluding carboxylic acids is 1. The molecule has 1 amide bonds. The maximum Gasteiger partial charge on any atom is 0.256 e. The molecule has 1 N–H and O–H groups in total. The molecule has 16 heavy (non-hydrogen) atoms. The molecule has 0 unspecified atom stereocenters. The third-order valence-electron chi connectivity index (χ3n) is 2.24. The van der Waals surface area contributed by atoms with Gasteiger partial charge in [-0.15, -0.1) is 11.3 Å². The molecule has 2 aromatic heterocycles. The van der Waals surface area contributed by atoms with Crippen molar-refractivity contribution in [3.8, 4) is 0 Å². The Labute approximate surface area is 102 Å². The van der Waals surface area contributed by atoms with Gasteiger partial charge in [0.2, 0.25) is 5.22 Å². The number of rotatable bonds is 3. The summed E-state index contributed by atoms with van der Waals surface area (Å²) in [5, 5.41) is 4.92. The average molecular weight is 256 g/mol. The normalized spacial score (nSPS) is 10.4. The smallest absolute Gasteiger partial charge is 0.256 e. The molecular weight excluding hydrogens is 246 g/mol. The summed E-state index contributed by atoms with van der Waals surface area (Å²) in [5.41, 5.74) is 1.56. The van der Waals surface area contributed by atoms with E-state index < -0.39 is 0 Å². The summed E-state index contributed by atoms with van der Waals surface area (Å²) >= 11 is 7.32. The molecule has 2 aromatic rings. The van der Waals surface area contributed by atoms with Crippen molar-refractivity contribution in [3.05, 3.63) is 45.0 Å². The first-order chi connectivity index (χ1) is 7.68. The van der Waals surface area contributed by atoms with Gasteiger partial charge in [-0.05, 0) is 41.6 Å². The van der Waals surface area contributed by atoms with Crippen LogP contribution < -0.4 is 5.32 Å². The van der Waals surface area contributed by atoms with Gasteiger partial charge in [-0.25, -0.2) is 0 Å². The van der Waals surface area contributed by atoms with Crippen molar-refractivity contribution in [2.24, 2.45) is 0 Å². The molecule has 3 nitrogen and oxygen atoms in total. The highest BCUT2D eigenvalue weighted by Crippen LogP contribution is 2.18. The molecule has 0 spiro atoms. The third kappa shape index (κ3) is 2.28. The van der Waals surface area contributed by atoms with Crippen molar-refractivity contribution in [1.82, 2.24) is 5.32 Å². The van der Waals surface area contributed by atoms with E-state index in [0.29, 0.717) is 12.1 Å². The fourth-order valence-electron chi connectivity index (χ4n) is 1.30. The summed E-state index contributed by atoms with van der Waals surface area (Å²) < 4.78 is 4.85. The number of carbonyl (C=O) groups is 1. The van der Waals surface area contributed by atoms with Crippen molar-refractivity contribution in [2.75, 3.05) is 0 Å². The highest BCUT2D eigenvalue weighted by Gasteiger charge is 2.12. The van der Waals surface area contributed by atoms with E-state index in [0.717, 1.165) is 4.88 Å². The molecule has 0 aliphatic heterocycles. The Balaban J connectivity index is 1.99. The lowest BCUT2D eigenvalue weighted by molar-refractivity contribution is 0.0951. The largest absolute Gasteiger partial charge is 0.452 e. The Morgan fingerprint density at radius 1 is 1.56 bits per heavy atom. The molecule has 0 aromatic carbocycles. The number of nitrogens with one attached hydrogen (secondary N) is 1. The highest BCUT2D eigenvalue weighted by molar-refractivity contribution is 7.10. The molecule has 2 heterocycles. The van der Waals surface area contributed by atoms with Gasteiger partial charge in [-0.1, -0.05) is 0 Å². The summed E-state index contributed by atoms with van der Waals surface area (Å²) in [7, 11) is 0. The summed E-state index contributed by atoms with van der Waals surface area (Å²) in [4.78, 5) is 12.8. The summed E-state index contributed by atoms with van der Waals surface area (Å²) in [6.07, 6.45) is 1.40. The highest BCUT2D eigenvalue weighted by atomic mass is 35.5. The predicted molar refractivity (Wildman–Crippen MR) is 63.9 cm³/mol. The zero-order chi connectivity index (χ0) is 11.5. The van der Waals surface area contributed by atoms with Gasteiger partial charge in [0.1, 0.15) is 0 Å². The first-order valence-corrected chi connectivity index (χ1v) is 5.98. The van der Waals surface area contributed by atoms with Gasteiger partial charge in [-0.3, -0.25) is 4.79 Å². The first kappa shape index (κ1) is 11.2. The van der Waals surface area contributed by atoms with Crippen molar-refractivity contribution in [2.45, 2.75) is 13.5 Å². The SMILES string of the molecule is Cc1ccsc1CNC(=O)c1ccoc1Cl. The van der Waals surface area contributed by atoms with E-state index in [-0.39, 0.29) is 11.1 Å². The molecule has 0 fully saturated rings. The molecule has 0 atom stereocenters. The minimum atomic E-state index is -0.216. The van der Waals surface area contributed by atoms with Crippen LogP contribution in [0.3, 0.4) is 0 Å². The summed E-state index contributed by atoms with van der Waals surface area (Å²) in [6.45, 7) is 2.53. The maximum atomic E-state index is 11.7. The zero-order valence-corrected chi connectivity index (χ0v) is 10.2. The van der Waals surface area contributed by atoms with Crippen molar-refractivity contribution in [3.63, 3.8) is 0 Å². The van der Waals surface area contributed by atoms with Gasteiger partial charge >= 0.3 is 0 Å². The van der Waals surface area contributed by atoms with Crippen LogP contribution in [-0.2, 0) is 6.54 Å². The molecule has 5 heteroatoms. The van der Waals surface area contributed by atoms with E-state index in [1.54, 1.807) is 17.4 Å². The van der Waals surface area contributed by atoms with Gasteiger partial charge in [0.05, 0.1) is 18.4 Å². The van der Waals surface area contributed by atoms with Gasteiger partial charge in [0, 0.05) is 4.88 Å². The number of hydrogen-bond donors (Lipinski definition) is 1. The molecule has 0 saturated carbocycles. The second-order valence-electron chi connectivity index (χ2n) is 3.32. The van der Waals surface area contributed by atoms with Crippen LogP contribution in [0.5, 0.6) is 0 Å². The average Bonchev–Trinajstić information content (AvgIpc) is 2.84. The number of thiophene rings is 1. The van der Waals surface area contributed by atoms with Crippen LogP contribution in [0.4, 0.5) is 0 Å². The molecule has 2 rings (SSSR count). The Morgan fingerprint density at radius 3 is 2.94 bits per heavy atom. The zero-order valence-electron chi connectivity index (χ0n) is 8.62. The van der Waals surface area contributed by atoms with E-state index in [1.165, 1.54) is 11.8 Å². The van der Waals surface area contributed by atoms with E-state index in [1.807, 2.05) is 18.4 Å². The minimum absolute atomic E-state index is 0.125. The Morgan fingerprint density at radius 2 is 2.38 bits per heavy atom. The second kappa shape index (κ2) is 4.72. The lowest BCUT2D eigenvalue weighted by Crippen LogP contribution is -2.22.